The van der Waals surface area contributed by atoms with E-state index in [1.54, 1.807) is 0 Å². The van der Waals surface area contributed by atoms with E-state index in [0.29, 0.717) is 11.5 Å². The fourth-order valence-corrected chi connectivity index (χ4v) is 2.92. The smallest absolute Gasteiger partial charge is 0.119 e. The Morgan fingerprint density at radius 3 is 1.77 bits per heavy atom. The summed E-state index contributed by atoms with van der Waals surface area (Å²) in [4.78, 5) is 0. The Kier molecular flexibility index (Phi) is 9.48. The van der Waals surface area contributed by atoms with E-state index in [1.807, 2.05) is 48.5 Å². The summed E-state index contributed by atoms with van der Waals surface area (Å²) in [7, 11) is 0. The Bertz CT molecular complexity index is 796. The molecule has 162 valence electrons. The average Bonchev–Trinajstić information content (AvgIpc) is 2.76. The van der Waals surface area contributed by atoms with Crippen molar-refractivity contribution in [2.24, 2.45) is 0 Å². The zero-order valence-electron chi connectivity index (χ0n) is 17.4. The molecule has 0 saturated carbocycles. The molecule has 2 aromatic carbocycles. The molecule has 0 fully saturated rings. The normalized spacial score (nSPS) is 13.3. The lowest BCUT2D eigenvalue weighted by Crippen LogP contribution is -2.23. The van der Waals surface area contributed by atoms with Crippen molar-refractivity contribution in [2.45, 2.75) is 31.5 Å². The highest BCUT2D eigenvalue weighted by Crippen LogP contribution is 2.33. The maximum Gasteiger partial charge on any atom is 0.119 e. The molecule has 0 unspecified atom stereocenters. The lowest BCUT2D eigenvalue weighted by Gasteiger charge is -2.26. The van der Waals surface area contributed by atoms with Crippen LogP contribution in [0.2, 0.25) is 0 Å². The Hall–Kier alpha value is -2.23. The van der Waals surface area contributed by atoms with Crippen molar-refractivity contribution in [1.29, 1.82) is 0 Å². The number of hydrogen-bond acceptors (Lipinski definition) is 5. The van der Waals surface area contributed by atoms with Crippen LogP contribution in [-0.4, -0.2) is 54.7 Å². The molecule has 0 bridgehead atoms. The first-order chi connectivity index (χ1) is 14.4. The quantitative estimate of drug-likeness (QED) is 0.306. The van der Waals surface area contributed by atoms with E-state index in [-0.39, 0.29) is 37.7 Å². The summed E-state index contributed by atoms with van der Waals surface area (Å²) in [5, 5.41) is 19.3. The van der Waals surface area contributed by atoms with Gasteiger partial charge >= 0.3 is 0 Å². The lowest BCUT2D eigenvalue weighted by atomic mass is 9.78. The van der Waals surface area contributed by atoms with Crippen LogP contribution < -0.4 is 9.47 Å². The molecule has 0 aliphatic heterocycles. The van der Waals surface area contributed by atoms with Crippen LogP contribution in [0.15, 0.2) is 48.5 Å². The van der Waals surface area contributed by atoms with E-state index in [1.165, 1.54) is 0 Å². The fourth-order valence-electron chi connectivity index (χ4n) is 2.83. The zero-order valence-corrected chi connectivity index (χ0v) is 18.1. The van der Waals surface area contributed by atoms with E-state index in [9.17, 15) is 10.2 Å². The van der Waals surface area contributed by atoms with E-state index in [2.05, 4.69) is 19.8 Å². The van der Waals surface area contributed by atoms with Gasteiger partial charge in [0.2, 0.25) is 0 Å². The third kappa shape index (κ3) is 7.23. The van der Waals surface area contributed by atoms with Crippen LogP contribution in [0, 0.1) is 12.3 Å². The molecule has 2 aromatic rings. The molecule has 6 heteroatoms. The summed E-state index contributed by atoms with van der Waals surface area (Å²) >= 11 is 5.58. The second-order valence-corrected chi connectivity index (χ2v) is 7.79. The Balaban J connectivity index is 1.95. The van der Waals surface area contributed by atoms with E-state index < -0.39 is 12.2 Å². The van der Waals surface area contributed by atoms with Crippen LogP contribution in [0.3, 0.4) is 0 Å². The molecule has 2 atom stereocenters. The predicted molar refractivity (Wildman–Crippen MR) is 118 cm³/mol. The minimum Gasteiger partial charge on any atom is -0.491 e. The van der Waals surface area contributed by atoms with Crippen molar-refractivity contribution >= 4 is 11.6 Å². The second kappa shape index (κ2) is 11.8. The van der Waals surface area contributed by atoms with Gasteiger partial charge in [0.25, 0.3) is 0 Å². The van der Waals surface area contributed by atoms with Crippen molar-refractivity contribution in [3.05, 3.63) is 59.7 Å². The van der Waals surface area contributed by atoms with Crippen LogP contribution in [-0.2, 0) is 10.2 Å². The van der Waals surface area contributed by atoms with Gasteiger partial charge in [-0.25, -0.2) is 0 Å². The minimum absolute atomic E-state index is 0.132. The number of terminal acetylenes is 1. The number of aliphatic hydroxyl groups excluding tert-OH is 2. The molecule has 0 saturated heterocycles. The molecule has 0 radical (unpaired) electrons. The van der Waals surface area contributed by atoms with Crippen LogP contribution >= 0.6 is 11.6 Å². The zero-order chi connectivity index (χ0) is 22.0. The third-order valence-corrected chi connectivity index (χ3v) is 5.07. The van der Waals surface area contributed by atoms with Crippen molar-refractivity contribution < 1.29 is 24.4 Å². The van der Waals surface area contributed by atoms with Crippen molar-refractivity contribution in [1.82, 2.24) is 0 Å². The Morgan fingerprint density at radius 2 is 1.33 bits per heavy atom. The Morgan fingerprint density at radius 1 is 0.867 bits per heavy atom. The number of ether oxygens (including phenoxy) is 3. The van der Waals surface area contributed by atoms with Gasteiger partial charge in [0.15, 0.2) is 0 Å². The summed E-state index contributed by atoms with van der Waals surface area (Å²) in [5.41, 5.74) is 2.02. The minimum atomic E-state index is -0.735. The van der Waals surface area contributed by atoms with Gasteiger partial charge in [-0.05, 0) is 35.4 Å². The number of benzene rings is 2. The molecule has 0 spiro atoms. The SMILES string of the molecule is C#CCOC[C@H](O)COc1ccc(C(C)(C)c2ccc(OC[C@@H](O)CCl)cc2)cc1. The first-order valence-corrected chi connectivity index (χ1v) is 10.3. The van der Waals surface area contributed by atoms with Crippen LogP contribution in [0.5, 0.6) is 11.5 Å². The molecule has 30 heavy (non-hydrogen) atoms. The van der Waals surface area contributed by atoms with Gasteiger partial charge in [-0.15, -0.1) is 18.0 Å². The summed E-state index contributed by atoms with van der Waals surface area (Å²) in [6.07, 6.45) is 3.68. The maximum atomic E-state index is 9.83. The van der Waals surface area contributed by atoms with Gasteiger partial charge in [-0.1, -0.05) is 44.0 Å². The fraction of sp³-hybridized carbons (Fsp3) is 0.417. The van der Waals surface area contributed by atoms with Crippen LogP contribution in [0.4, 0.5) is 0 Å². The number of alkyl halides is 1. The van der Waals surface area contributed by atoms with Gasteiger partial charge in [-0.2, -0.15) is 0 Å². The van der Waals surface area contributed by atoms with Crippen molar-refractivity contribution in [3.8, 4) is 23.8 Å². The average molecular weight is 433 g/mol. The molecule has 0 heterocycles. The van der Waals surface area contributed by atoms with Crippen LogP contribution in [0.25, 0.3) is 0 Å². The topological polar surface area (TPSA) is 68.2 Å². The molecular weight excluding hydrogens is 404 g/mol. The molecule has 0 aromatic heterocycles. The summed E-state index contributed by atoms with van der Waals surface area (Å²) in [5.74, 6) is 3.85. The maximum absolute atomic E-state index is 9.83. The highest BCUT2D eigenvalue weighted by atomic mass is 35.5. The largest absolute Gasteiger partial charge is 0.491 e. The molecule has 0 amide bonds. The number of halogens is 1. The second-order valence-electron chi connectivity index (χ2n) is 7.48. The highest BCUT2D eigenvalue weighted by molar-refractivity contribution is 6.18. The molecule has 0 aliphatic carbocycles. The number of hydrogen-bond donors (Lipinski definition) is 2. The molecule has 2 rings (SSSR count). The molecule has 0 aliphatic rings. The summed E-state index contributed by atoms with van der Waals surface area (Å²) in [6.45, 7) is 4.89. The highest BCUT2D eigenvalue weighted by Gasteiger charge is 2.23. The lowest BCUT2D eigenvalue weighted by molar-refractivity contribution is 0.0229. The van der Waals surface area contributed by atoms with Gasteiger partial charge in [0.05, 0.1) is 12.5 Å². The van der Waals surface area contributed by atoms with E-state index in [4.69, 9.17) is 32.2 Å². The predicted octanol–water partition coefficient (Wildman–Crippen LogP) is 3.38. The first kappa shape index (κ1) is 24.0. The van der Waals surface area contributed by atoms with E-state index in [0.717, 1.165) is 11.1 Å². The monoisotopic (exact) mass is 432 g/mol. The van der Waals surface area contributed by atoms with E-state index >= 15 is 0 Å². The van der Waals surface area contributed by atoms with Crippen molar-refractivity contribution in [3.63, 3.8) is 0 Å². The summed E-state index contributed by atoms with van der Waals surface area (Å²) < 4.78 is 16.2. The molecule has 5 nitrogen and oxygen atoms in total. The third-order valence-electron chi connectivity index (χ3n) is 4.71. The van der Waals surface area contributed by atoms with Gasteiger partial charge in [0.1, 0.15) is 43.5 Å². The molecule has 2 N–H and O–H groups in total. The number of aliphatic hydroxyl groups is 2. The van der Waals surface area contributed by atoms with Crippen molar-refractivity contribution in [2.75, 3.05) is 32.3 Å². The van der Waals surface area contributed by atoms with Gasteiger partial charge in [-0.3, -0.25) is 0 Å². The number of rotatable bonds is 12. The van der Waals surface area contributed by atoms with Gasteiger partial charge < -0.3 is 24.4 Å². The standard InChI is InChI=1S/C24H29ClO5/c1-4-13-28-15-21(27)17-30-23-11-7-19(8-12-23)24(2,3)18-5-9-22(10-6-18)29-16-20(26)14-25/h1,5-12,20-21,26-27H,13-17H2,2-3H3/t20-,21-/m0/s1. The van der Waals surface area contributed by atoms with Gasteiger partial charge in [0, 0.05) is 5.41 Å². The molecular formula is C24H29ClO5. The summed E-state index contributed by atoms with van der Waals surface area (Å²) in [6, 6.07) is 15.6. The Labute approximate surface area is 183 Å². The van der Waals surface area contributed by atoms with Crippen LogP contribution in [0.1, 0.15) is 25.0 Å². The first-order valence-electron chi connectivity index (χ1n) is 9.76.